The summed E-state index contributed by atoms with van der Waals surface area (Å²) in [7, 11) is -1.46. The Balaban J connectivity index is 1.88. The van der Waals surface area contributed by atoms with Crippen molar-refractivity contribution in [2.24, 2.45) is 0 Å². The maximum atomic E-state index is 15.1. The molecule has 4 heteroatoms. The highest BCUT2D eigenvalue weighted by Crippen LogP contribution is 2.51. The summed E-state index contributed by atoms with van der Waals surface area (Å²) in [5, 5.41) is 1.50. The number of benzene rings is 4. The van der Waals surface area contributed by atoms with Crippen molar-refractivity contribution in [1.29, 1.82) is 0 Å². The van der Waals surface area contributed by atoms with Crippen LogP contribution in [-0.4, -0.2) is 23.6 Å². The van der Waals surface area contributed by atoms with Crippen molar-refractivity contribution in [1.82, 2.24) is 4.90 Å². The van der Waals surface area contributed by atoms with E-state index in [0.717, 1.165) is 16.2 Å². The monoisotopic (exact) mass is 439 g/mol. The molecule has 160 valence electrons. The second-order valence-electron chi connectivity index (χ2n) is 7.78. The molecule has 0 N–H and O–H groups in total. The second kappa shape index (κ2) is 9.80. The lowest BCUT2D eigenvalue weighted by Gasteiger charge is -2.36. The average molecular weight is 439 g/mol. The van der Waals surface area contributed by atoms with Crippen LogP contribution in [0.1, 0.15) is 15.9 Å². The lowest BCUT2D eigenvalue weighted by Crippen LogP contribution is -2.43. The van der Waals surface area contributed by atoms with Crippen LogP contribution in [0.2, 0.25) is 0 Å². The Labute approximate surface area is 189 Å². The molecule has 0 aromatic heterocycles. The molecule has 0 spiro atoms. The number of amides is 1. The van der Waals surface area contributed by atoms with Gasteiger partial charge in [-0.15, -0.1) is 0 Å². The van der Waals surface area contributed by atoms with Crippen LogP contribution in [0.4, 0.5) is 0 Å². The van der Waals surface area contributed by atoms with Crippen molar-refractivity contribution in [2.75, 3.05) is 7.05 Å². The maximum absolute atomic E-state index is 15.1. The zero-order chi connectivity index (χ0) is 22.4. The normalized spacial score (nSPS) is 12.2. The standard InChI is InChI=1S/C28H26NO2P/c1-29(28(30)24-16-8-3-9-17-24)27(22-23-14-6-2-7-15-23)32(31,25-18-10-4-11-19-25)26-20-12-5-13-21-26/h2-21,27H,22H2,1H3. The summed E-state index contributed by atoms with van der Waals surface area (Å²) in [4.78, 5) is 15.2. The summed E-state index contributed by atoms with van der Waals surface area (Å²) in [5.41, 5.74) is 1.62. The molecule has 0 heterocycles. The van der Waals surface area contributed by atoms with Gasteiger partial charge in [0.2, 0.25) is 0 Å². The van der Waals surface area contributed by atoms with Crippen molar-refractivity contribution in [2.45, 2.75) is 12.2 Å². The van der Waals surface area contributed by atoms with Crippen LogP contribution < -0.4 is 10.6 Å². The molecule has 0 aliphatic carbocycles. The van der Waals surface area contributed by atoms with E-state index in [1.165, 1.54) is 0 Å². The van der Waals surface area contributed by atoms with E-state index in [1.54, 1.807) is 24.1 Å². The van der Waals surface area contributed by atoms with Crippen molar-refractivity contribution in [3.63, 3.8) is 0 Å². The molecule has 4 rings (SSSR count). The topological polar surface area (TPSA) is 37.4 Å². The van der Waals surface area contributed by atoms with Crippen LogP contribution >= 0.6 is 7.14 Å². The lowest BCUT2D eigenvalue weighted by atomic mass is 10.1. The molecule has 0 saturated carbocycles. The highest BCUT2D eigenvalue weighted by Gasteiger charge is 2.41. The molecule has 4 aromatic rings. The summed E-state index contributed by atoms with van der Waals surface area (Å²) in [6.45, 7) is 0. The van der Waals surface area contributed by atoms with E-state index in [0.29, 0.717) is 12.0 Å². The molecule has 32 heavy (non-hydrogen) atoms. The average Bonchev–Trinajstić information content (AvgIpc) is 2.88. The van der Waals surface area contributed by atoms with Crippen molar-refractivity contribution in [3.05, 3.63) is 132 Å². The predicted octanol–water partition coefficient (Wildman–Crippen LogP) is 5.34. The van der Waals surface area contributed by atoms with E-state index < -0.39 is 12.9 Å². The van der Waals surface area contributed by atoms with Crippen LogP contribution in [0.5, 0.6) is 0 Å². The molecule has 1 atom stereocenters. The first-order chi connectivity index (χ1) is 15.6. The minimum atomic E-state index is -3.23. The Hall–Kier alpha value is -3.42. The fourth-order valence-corrected chi connectivity index (χ4v) is 7.32. The SMILES string of the molecule is CN(C(=O)c1ccccc1)C(Cc1ccccc1)P(=O)(c1ccccc1)c1ccccc1. The molecule has 4 aromatic carbocycles. The fourth-order valence-electron chi connectivity index (χ4n) is 4.05. The molecule has 0 bridgehead atoms. The molecular weight excluding hydrogens is 413 g/mol. The van der Waals surface area contributed by atoms with Gasteiger partial charge in [0.05, 0.1) is 5.78 Å². The Kier molecular flexibility index (Phi) is 6.68. The van der Waals surface area contributed by atoms with Gasteiger partial charge in [-0.3, -0.25) is 4.79 Å². The van der Waals surface area contributed by atoms with Crippen molar-refractivity contribution < 1.29 is 9.36 Å². The largest absolute Gasteiger partial charge is 0.331 e. The number of hydrogen-bond acceptors (Lipinski definition) is 2. The third-order valence-corrected chi connectivity index (χ3v) is 9.25. The first-order valence-electron chi connectivity index (χ1n) is 10.7. The zero-order valence-electron chi connectivity index (χ0n) is 18.0. The number of hydrogen-bond donors (Lipinski definition) is 0. The quantitative estimate of drug-likeness (QED) is 0.365. The molecule has 0 saturated heterocycles. The highest BCUT2D eigenvalue weighted by molar-refractivity contribution is 7.79. The maximum Gasteiger partial charge on any atom is 0.254 e. The number of nitrogens with zero attached hydrogens (tertiary/aromatic N) is 1. The van der Waals surface area contributed by atoms with Crippen LogP contribution in [0.25, 0.3) is 0 Å². The summed E-state index contributed by atoms with van der Waals surface area (Å²) < 4.78 is 15.1. The molecule has 0 fully saturated rings. The van der Waals surface area contributed by atoms with E-state index in [4.69, 9.17) is 0 Å². The fraction of sp³-hybridized carbons (Fsp3) is 0.107. The minimum Gasteiger partial charge on any atom is -0.331 e. The molecule has 0 aliphatic rings. The van der Waals surface area contributed by atoms with Crippen molar-refractivity contribution in [3.8, 4) is 0 Å². The predicted molar refractivity (Wildman–Crippen MR) is 132 cm³/mol. The molecule has 1 amide bonds. The first-order valence-corrected chi connectivity index (χ1v) is 12.5. The second-order valence-corrected chi connectivity index (χ2v) is 10.7. The number of carbonyl (C=O) groups excluding carboxylic acids is 1. The Bertz CT molecular complexity index is 1150. The van der Waals surface area contributed by atoms with E-state index >= 15 is 4.57 Å². The number of likely N-dealkylation sites (N-methyl/N-ethyl adjacent to an activating group) is 1. The third kappa shape index (κ3) is 4.44. The van der Waals surface area contributed by atoms with E-state index in [-0.39, 0.29) is 5.91 Å². The first kappa shape index (κ1) is 21.8. The summed E-state index contributed by atoms with van der Waals surface area (Å²) in [5.74, 6) is -0.680. The number of rotatable bonds is 7. The van der Waals surface area contributed by atoms with Gasteiger partial charge in [0.15, 0.2) is 7.14 Å². The third-order valence-electron chi connectivity index (χ3n) is 5.75. The van der Waals surface area contributed by atoms with E-state index in [9.17, 15) is 4.79 Å². The molecule has 0 aliphatic heterocycles. The smallest absolute Gasteiger partial charge is 0.254 e. The van der Waals surface area contributed by atoms with Crippen LogP contribution in [0.15, 0.2) is 121 Å². The summed E-state index contributed by atoms with van der Waals surface area (Å²) >= 11 is 0. The molecule has 1 unspecified atom stereocenters. The Morgan fingerprint density at radius 2 is 1.09 bits per heavy atom. The molecule has 3 nitrogen and oxygen atoms in total. The van der Waals surface area contributed by atoms with Crippen LogP contribution in [-0.2, 0) is 11.0 Å². The van der Waals surface area contributed by atoms with Gasteiger partial charge in [-0.25, -0.2) is 0 Å². The number of carbonyl (C=O) groups is 1. The molecular formula is C28H26NO2P. The van der Waals surface area contributed by atoms with Crippen LogP contribution in [0.3, 0.4) is 0 Å². The van der Waals surface area contributed by atoms with Crippen molar-refractivity contribution >= 4 is 23.7 Å². The Morgan fingerprint density at radius 1 is 0.688 bits per heavy atom. The summed E-state index contributed by atoms with van der Waals surface area (Å²) in [6.07, 6.45) is 0.483. The van der Waals surface area contributed by atoms with Gasteiger partial charge >= 0.3 is 0 Å². The lowest BCUT2D eigenvalue weighted by molar-refractivity contribution is 0.0775. The van der Waals surface area contributed by atoms with Crippen LogP contribution in [0, 0.1) is 0 Å². The highest BCUT2D eigenvalue weighted by atomic mass is 31.2. The van der Waals surface area contributed by atoms with Gasteiger partial charge in [0.1, 0.15) is 0 Å². The van der Waals surface area contributed by atoms with Gasteiger partial charge < -0.3 is 9.46 Å². The van der Waals surface area contributed by atoms with Gasteiger partial charge in [0, 0.05) is 29.6 Å². The summed E-state index contributed by atoms with van der Waals surface area (Å²) in [6, 6.07) is 38.2. The minimum absolute atomic E-state index is 0.140. The van der Waals surface area contributed by atoms with Gasteiger partial charge in [-0.1, -0.05) is 109 Å². The van der Waals surface area contributed by atoms with Gasteiger partial charge in [0.25, 0.3) is 5.91 Å². The van der Waals surface area contributed by atoms with Gasteiger partial charge in [-0.2, -0.15) is 0 Å². The van der Waals surface area contributed by atoms with Gasteiger partial charge in [-0.05, 0) is 17.7 Å². The van der Waals surface area contributed by atoms with E-state index in [1.807, 2.05) is 109 Å². The molecule has 0 radical (unpaired) electrons. The zero-order valence-corrected chi connectivity index (χ0v) is 18.9. The Morgan fingerprint density at radius 3 is 1.56 bits per heavy atom. The van der Waals surface area contributed by atoms with E-state index in [2.05, 4.69) is 0 Å².